The van der Waals surface area contributed by atoms with Gasteiger partial charge >= 0.3 is 6.03 Å². The highest BCUT2D eigenvalue weighted by Crippen LogP contribution is 2.32. The Morgan fingerprint density at radius 1 is 1.35 bits per heavy atom. The summed E-state index contributed by atoms with van der Waals surface area (Å²) in [7, 11) is 0. The molecule has 0 bridgehead atoms. The van der Waals surface area contributed by atoms with E-state index in [-0.39, 0.29) is 17.6 Å². The molecule has 6 nitrogen and oxygen atoms in total. The number of carbonyl (C=O) groups excluding carboxylic acids is 1. The molecular weight excluding hydrogens is 346 g/mol. The molecule has 26 heavy (non-hydrogen) atoms. The molecule has 7 heteroatoms. The van der Waals surface area contributed by atoms with Crippen LogP contribution in [0.2, 0.25) is 0 Å². The fourth-order valence-electron chi connectivity index (χ4n) is 3.41. The Hall–Kier alpha value is -2.41. The number of hydrogen-bond acceptors (Lipinski definition) is 4. The number of nitrogens with one attached hydrogen (secondary N) is 1. The van der Waals surface area contributed by atoms with Gasteiger partial charge in [-0.25, -0.2) is 14.8 Å². The molecule has 0 unspecified atom stereocenters. The summed E-state index contributed by atoms with van der Waals surface area (Å²) in [6.07, 6.45) is 2.70. The number of amides is 2. The van der Waals surface area contributed by atoms with Crippen molar-refractivity contribution in [3.8, 4) is 11.4 Å². The number of carbonyl (C=O) groups is 1. The molecule has 1 aliphatic heterocycles. The first-order chi connectivity index (χ1) is 12.4. The Balaban J connectivity index is 1.67. The van der Waals surface area contributed by atoms with Crippen LogP contribution in [0.4, 0.5) is 4.79 Å². The van der Waals surface area contributed by atoms with Crippen molar-refractivity contribution in [1.29, 1.82) is 0 Å². The molecule has 0 spiro atoms. The summed E-state index contributed by atoms with van der Waals surface area (Å²) in [6.45, 7) is 7.41. The number of rotatable bonds is 2. The molecule has 3 aromatic rings. The van der Waals surface area contributed by atoms with E-state index in [4.69, 9.17) is 4.98 Å². The number of aromatic nitrogens is 3. The molecule has 4 heterocycles. The first kappa shape index (κ1) is 17.0. The third-order valence-corrected chi connectivity index (χ3v) is 5.21. The molecule has 0 aromatic carbocycles. The summed E-state index contributed by atoms with van der Waals surface area (Å²) in [5.41, 5.74) is 2.65. The molecular formula is C19H23N5OS. The zero-order chi connectivity index (χ0) is 18.3. The summed E-state index contributed by atoms with van der Waals surface area (Å²) < 4.78 is 2.21. The molecule has 1 saturated heterocycles. The summed E-state index contributed by atoms with van der Waals surface area (Å²) in [5.74, 6) is 0.933. The van der Waals surface area contributed by atoms with E-state index in [0.717, 1.165) is 35.5 Å². The average molecular weight is 369 g/mol. The topological polar surface area (TPSA) is 63.1 Å². The molecule has 0 saturated carbocycles. The van der Waals surface area contributed by atoms with E-state index in [2.05, 4.69) is 31.7 Å². The van der Waals surface area contributed by atoms with Gasteiger partial charge in [-0.15, -0.1) is 0 Å². The predicted octanol–water partition coefficient (Wildman–Crippen LogP) is 3.91. The molecule has 2 amide bonds. The molecule has 1 N–H and O–H groups in total. The number of fused-ring (bicyclic) bond motifs is 1. The molecule has 0 radical (unpaired) electrons. The van der Waals surface area contributed by atoms with Crippen molar-refractivity contribution in [2.45, 2.75) is 38.8 Å². The number of hydrogen-bond donors (Lipinski definition) is 1. The van der Waals surface area contributed by atoms with Gasteiger partial charge in [-0.1, -0.05) is 0 Å². The molecule has 1 atom stereocenters. The highest BCUT2D eigenvalue weighted by Gasteiger charge is 2.32. The molecule has 1 aliphatic rings. The Labute approximate surface area is 156 Å². The highest BCUT2D eigenvalue weighted by atomic mass is 32.1. The number of imidazole rings is 1. The maximum Gasteiger partial charge on any atom is 0.317 e. The minimum Gasteiger partial charge on any atom is -0.333 e. The van der Waals surface area contributed by atoms with Gasteiger partial charge in [0.15, 0.2) is 5.65 Å². The zero-order valence-electron chi connectivity index (χ0n) is 15.3. The second kappa shape index (κ2) is 6.39. The monoisotopic (exact) mass is 369 g/mol. The lowest BCUT2D eigenvalue weighted by atomic mass is 10.1. The molecule has 1 fully saturated rings. The quantitative estimate of drug-likeness (QED) is 0.745. The lowest BCUT2D eigenvalue weighted by molar-refractivity contribution is 0.198. The van der Waals surface area contributed by atoms with Crippen LogP contribution >= 0.6 is 11.3 Å². The van der Waals surface area contributed by atoms with Gasteiger partial charge < -0.3 is 14.8 Å². The zero-order valence-corrected chi connectivity index (χ0v) is 16.1. The van der Waals surface area contributed by atoms with Gasteiger partial charge in [0, 0.05) is 35.8 Å². The van der Waals surface area contributed by atoms with Crippen molar-refractivity contribution in [2.75, 3.05) is 13.1 Å². The fourth-order valence-corrected chi connectivity index (χ4v) is 4.04. The summed E-state index contributed by atoms with van der Waals surface area (Å²) in [4.78, 5) is 23.8. The van der Waals surface area contributed by atoms with E-state index in [1.54, 1.807) is 17.5 Å². The van der Waals surface area contributed by atoms with Crippen LogP contribution in [0.1, 0.15) is 33.2 Å². The van der Waals surface area contributed by atoms with Crippen molar-refractivity contribution in [2.24, 2.45) is 0 Å². The van der Waals surface area contributed by atoms with Crippen LogP contribution in [0.5, 0.6) is 0 Å². The van der Waals surface area contributed by atoms with E-state index in [1.807, 2.05) is 37.8 Å². The van der Waals surface area contributed by atoms with E-state index < -0.39 is 0 Å². The van der Waals surface area contributed by atoms with Crippen molar-refractivity contribution in [1.82, 2.24) is 24.8 Å². The first-order valence-electron chi connectivity index (χ1n) is 8.85. The SMILES string of the molecule is CC(C)(C)NC(=O)N1CC[C@@H](n2c(-c3ccsc3)nc3cccnc32)C1. The summed E-state index contributed by atoms with van der Waals surface area (Å²) in [5, 5.41) is 7.22. The van der Waals surface area contributed by atoms with Gasteiger partial charge in [-0.3, -0.25) is 0 Å². The highest BCUT2D eigenvalue weighted by molar-refractivity contribution is 7.08. The number of pyridine rings is 1. The Kier molecular flexibility index (Phi) is 4.19. The maximum absolute atomic E-state index is 12.5. The van der Waals surface area contributed by atoms with Gasteiger partial charge in [0.2, 0.25) is 0 Å². The third kappa shape index (κ3) is 3.19. The van der Waals surface area contributed by atoms with Gasteiger partial charge in [-0.2, -0.15) is 11.3 Å². The average Bonchev–Trinajstić information content (AvgIpc) is 3.31. The third-order valence-electron chi connectivity index (χ3n) is 4.53. The minimum atomic E-state index is -0.236. The minimum absolute atomic E-state index is 0.00513. The second-order valence-corrected chi connectivity index (χ2v) is 8.51. The van der Waals surface area contributed by atoms with Crippen LogP contribution in [-0.4, -0.2) is 44.1 Å². The van der Waals surface area contributed by atoms with E-state index in [0.29, 0.717) is 6.54 Å². The number of nitrogens with zero attached hydrogens (tertiary/aromatic N) is 4. The number of likely N-dealkylation sites (tertiary alicyclic amines) is 1. The van der Waals surface area contributed by atoms with Gasteiger partial charge in [-0.05, 0) is 50.8 Å². The lowest BCUT2D eigenvalue weighted by Gasteiger charge is -2.25. The summed E-state index contributed by atoms with van der Waals surface area (Å²) >= 11 is 1.66. The largest absolute Gasteiger partial charge is 0.333 e. The van der Waals surface area contributed by atoms with Crippen LogP contribution < -0.4 is 5.32 Å². The van der Waals surface area contributed by atoms with Crippen LogP contribution in [0, 0.1) is 0 Å². The molecule has 0 aliphatic carbocycles. The maximum atomic E-state index is 12.5. The van der Waals surface area contributed by atoms with Gasteiger partial charge in [0.05, 0.1) is 6.04 Å². The van der Waals surface area contributed by atoms with Crippen LogP contribution in [0.15, 0.2) is 35.2 Å². The van der Waals surface area contributed by atoms with E-state index in [9.17, 15) is 4.79 Å². The number of urea groups is 1. The molecule has 136 valence electrons. The molecule has 3 aromatic heterocycles. The normalized spacial score (nSPS) is 17.8. The number of thiophene rings is 1. The van der Waals surface area contributed by atoms with Crippen LogP contribution in [0.25, 0.3) is 22.6 Å². The van der Waals surface area contributed by atoms with Crippen LogP contribution in [-0.2, 0) is 0 Å². The van der Waals surface area contributed by atoms with Crippen LogP contribution in [0.3, 0.4) is 0 Å². The van der Waals surface area contributed by atoms with Crippen molar-refractivity contribution < 1.29 is 4.79 Å². The predicted molar refractivity (Wildman–Crippen MR) is 104 cm³/mol. The standard InChI is InChI=1S/C19H23N5OS/c1-19(2,3)22-18(25)23-9-6-14(11-23)24-16(13-7-10-26-12-13)21-15-5-4-8-20-17(15)24/h4-5,7-8,10,12,14H,6,9,11H2,1-3H3,(H,22,25)/t14-/m1/s1. The summed E-state index contributed by atoms with van der Waals surface area (Å²) in [6, 6.07) is 6.16. The van der Waals surface area contributed by atoms with Gasteiger partial charge in [0.25, 0.3) is 0 Å². The van der Waals surface area contributed by atoms with E-state index in [1.165, 1.54) is 0 Å². The fraction of sp³-hybridized carbons (Fsp3) is 0.421. The Morgan fingerprint density at radius 2 is 2.19 bits per heavy atom. The lowest BCUT2D eigenvalue weighted by Crippen LogP contribution is -2.47. The Bertz CT molecular complexity index is 925. The molecule has 4 rings (SSSR count). The van der Waals surface area contributed by atoms with Crippen molar-refractivity contribution >= 4 is 28.5 Å². The Morgan fingerprint density at radius 3 is 2.92 bits per heavy atom. The second-order valence-electron chi connectivity index (χ2n) is 7.73. The van der Waals surface area contributed by atoms with Gasteiger partial charge in [0.1, 0.15) is 11.3 Å². The van der Waals surface area contributed by atoms with Crippen molar-refractivity contribution in [3.05, 3.63) is 35.2 Å². The smallest absolute Gasteiger partial charge is 0.317 e. The van der Waals surface area contributed by atoms with Crippen molar-refractivity contribution in [3.63, 3.8) is 0 Å². The van der Waals surface area contributed by atoms with E-state index >= 15 is 0 Å². The first-order valence-corrected chi connectivity index (χ1v) is 9.79.